The standard InChI is InChI=1S/C27H26N6/c1-3-27(2,29)19-11-13-20(14-12-19)33-25(21-10-7-17-30-24(21)28)32-23-16-15-22(31-26(23)33)18-8-5-4-6-9-18/h4-17H,3,29H2,1-2H3,(H2,28,30). The predicted octanol–water partition coefficient (Wildman–Crippen LogP) is 5.32. The summed E-state index contributed by atoms with van der Waals surface area (Å²) < 4.78 is 2.04. The molecule has 164 valence electrons. The molecule has 6 nitrogen and oxygen atoms in total. The number of aromatic nitrogens is 4. The van der Waals surface area contributed by atoms with Gasteiger partial charge in [0.2, 0.25) is 0 Å². The van der Waals surface area contributed by atoms with Crippen LogP contribution in [0.3, 0.4) is 0 Å². The number of nitrogens with zero attached hydrogens (tertiary/aromatic N) is 4. The Labute approximate surface area is 193 Å². The first-order valence-electron chi connectivity index (χ1n) is 11.0. The number of nitrogens with two attached hydrogens (primary N) is 2. The summed E-state index contributed by atoms with van der Waals surface area (Å²) in [6, 6.07) is 26.2. The Morgan fingerprint density at radius 2 is 1.64 bits per heavy atom. The second-order valence-corrected chi connectivity index (χ2v) is 8.43. The van der Waals surface area contributed by atoms with Crippen LogP contribution < -0.4 is 11.5 Å². The van der Waals surface area contributed by atoms with Crippen molar-refractivity contribution in [1.29, 1.82) is 0 Å². The molecular weight excluding hydrogens is 408 g/mol. The van der Waals surface area contributed by atoms with Gasteiger partial charge in [0, 0.05) is 23.0 Å². The summed E-state index contributed by atoms with van der Waals surface area (Å²) in [5.74, 6) is 1.13. The van der Waals surface area contributed by atoms with Crippen molar-refractivity contribution in [3.05, 3.63) is 90.6 Å². The molecule has 6 heteroatoms. The maximum absolute atomic E-state index is 6.47. The quantitative estimate of drug-likeness (QED) is 0.390. The van der Waals surface area contributed by atoms with Crippen LogP contribution in [0.5, 0.6) is 0 Å². The van der Waals surface area contributed by atoms with Gasteiger partial charge in [-0.15, -0.1) is 0 Å². The molecule has 0 fully saturated rings. The maximum Gasteiger partial charge on any atom is 0.165 e. The lowest BCUT2D eigenvalue weighted by atomic mass is 9.90. The lowest BCUT2D eigenvalue weighted by Crippen LogP contribution is -2.31. The summed E-state index contributed by atoms with van der Waals surface area (Å²) in [5, 5.41) is 0. The minimum absolute atomic E-state index is 0.384. The third-order valence-electron chi connectivity index (χ3n) is 6.17. The van der Waals surface area contributed by atoms with Crippen LogP contribution in [-0.4, -0.2) is 19.5 Å². The maximum atomic E-state index is 6.47. The van der Waals surface area contributed by atoms with Crippen LogP contribution >= 0.6 is 0 Å². The van der Waals surface area contributed by atoms with E-state index in [0.717, 1.165) is 45.7 Å². The first-order chi connectivity index (χ1) is 16.0. The van der Waals surface area contributed by atoms with E-state index in [1.807, 2.05) is 54.0 Å². The molecule has 3 aromatic heterocycles. The summed E-state index contributed by atoms with van der Waals surface area (Å²) in [4.78, 5) is 14.2. The Kier molecular flexibility index (Phi) is 5.15. The van der Waals surface area contributed by atoms with E-state index in [-0.39, 0.29) is 5.54 Å². The van der Waals surface area contributed by atoms with Gasteiger partial charge in [0.1, 0.15) is 11.3 Å². The molecule has 5 rings (SSSR count). The number of pyridine rings is 2. The number of benzene rings is 2. The SMILES string of the molecule is CCC(C)(N)c1ccc(-n2c(-c3cccnc3N)nc3ccc(-c4ccccc4)nc32)cc1. The van der Waals surface area contributed by atoms with E-state index in [4.69, 9.17) is 21.4 Å². The van der Waals surface area contributed by atoms with Crippen molar-refractivity contribution in [3.8, 4) is 28.3 Å². The van der Waals surface area contributed by atoms with Crippen molar-refractivity contribution in [1.82, 2.24) is 19.5 Å². The summed E-state index contributed by atoms with van der Waals surface area (Å²) >= 11 is 0. The number of imidazole rings is 1. The molecule has 3 heterocycles. The molecule has 33 heavy (non-hydrogen) atoms. The molecule has 0 spiro atoms. The van der Waals surface area contributed by atoms with Crippen LogP contribution in [0.2, 0.25) is 0 Å². The Morgan fingerprint density at radius 1 is 0.879 bits per heavy atom. The topological polar surface area (TPSA) is 95.6 Å². The Morgan fingerprint density at radius 3 is 2.33 bits per heavy atom. The molecule has 0 saturated carbocycles. The molecule has 5 aromatic rings. The van der Waals surface area contributed by atoms with Gasteiger partial charge in [0.15, 0.2) is 11.5 Å². The molecule has 0 aliphatic rings. The average molecular weight is 435 g/mol. The average Bonchev–Trinajstić information content (AvgIpc) is 3.23. The molecule has 0 aliphatic heterocycles. The highest BCUT2D eigenvalue weighted by atomic mass is 15.1. The van der Waals surface area contributed by atoms with Gasteiger partial charge >= 0.3 is 0 Å². The number of rotatable bonds is 5. The number of anilines is 1. The second-order valence-electron chi connectivity index (χ2n) is 8.43. The number of nitrogen functional groups attached to an aromatic ring is 1. The number of hydrogen-bond acceptors (Lipinski definition) is 5. The van der Waals surface area contributed by atoms with Gasteiger partial charge in [0.25, 0.3) is 0 Å². The van der Waals surface area contributed by atoms with Gasteiger partial charge in [-0.3, -0.25) is 4.57 Å². The van der Waals surface area contributed by atoms with Crippen LogP contribution in [-0.2, 0) is 5.54 Å². The van der Waals surface area contributed by atoms with Crippen LogP contribution in [0, 0.1) is 0 Å². The zero-order chi connectivity index (χ0) is 23.0. The van der Waals surface area contributed by atoms with E-state index in [1.165, 1.54) is 0 Å². The molecule has 4 N–H and O–H groups in total. The van der Waals surface area contributed by atoms with E-state index >= 15 is 0 Å². The molecule has 0 aliphatic carbocycles. The van der Waals surface area contributed by atoms with Crippen LogP contribution in [0.25, 0.3) is 39.5 Å². The van der Waals surface area contributed by atoms with Crippen molar-refractivity contribution in [2.75, 3.05) is 5.73 Å². The Balaban J connectivity index is 1.75. The van der Waals surface area contributed by atoms with Crippen molar-refractivity contribution < 1.29 is 0 Å². The second kappa shape index (κ2) is 8.15. The summed E-state index contributed by atoms with van der Waals surface area (Å²) in [6.45, 7) is 4.14. The third-order valence-corrected chi connectivity index (χ3v) is 6.17. The first-order valence-corrected chi connectivity index (χ1v) is 11.0. The molecule has 2 aromatic carbocycles. The van der Waals surface area contributed by atoms with Crippen molar-refractivity contribution in [2.45, 2.75) is 25.8 Å². The number of hydrogen-bond donors (Lipinski definition) is 2. The smallest absolute Gasteiger partial charge is 0.165 e. The molecule has 1 atom stereocenters. The lowest BCUT2D eigenvalue weighted by Gasteiger charge is -2.23. The Bertz CT molecular complexity index is 1420. The van der Waals surface area contributed by atoms with E-state index in [1.54, 1.807) is 6.20 Å². The van der Waals surface area contributed by atoms with Gasteiger partial charge in [-0.1, -0.05) is 49.4 Å². The predicted molar refractivity (Wildman–Crippen MR) is 134 cm³/mol. The van der Waals surface area contributed by atoms with Gasteiger partial charge in [-0.25, -0.2) is 15.0 Å². The zero-order valence-corrected chi connectivity index (χ0v) is 18.7. The largest absolute Gasteiger partial charge is 0.383 e. The minimum atomic E-state index is -0.384. The van der Waals surface area contributed by atoms with Crippen molar-refractivity contribution >= 4 is 17.0 Å². The summed E-state index contributed by atoms with van der Waals surface area (Å²) in [6.07, 6.45) is 2.53. The van der Waals surface area contributed by atoms with Gasteiger partial charge in [-0.05, 0) is 55.3 Å². The van der Waals surface area contributed by atoms with Crippen LogP contribution in [0.15, 0.2) is 85.1 Å². The van der Waals surface area contributed by atoms with Crippen molar-refractivity contribution in [2.24, 2.45) is 5.73 Å². The molecular formula is C27H26N6. The van der Waals surface area contributed by atoms with E-state index in [2.05, 4.69) is 48.3 Å². The van der Waals surface area contributed by atoms with Gasteiger partial charge in [-0.2, -0.15) is 0 Å². The molecule has 1 unspecified atom stereocenters. The number of fused-ring (bicyclic) bond motifs is 1. The molecule has 0 amide bonds. The molecule has 0 radical (unpaired) electrons. The van der Waals surface area contributed by atoms with Crippen LogP contribution in [0.1, 0.15) is 25.8 Å². The summed E-state index contributed by atoms with van der Waals surface area (Å²) in [5.41, 5.74) is 18.6. The zero-order valence-electron chi connectivity index (χ0n) is 18.7. The fraction of sp³-hybridized carbons (Fsp3) is 0.148. The van der Waals surface area contributed by atoms with E-state index < -0.39 is 0 Å². The molecule has 0 bridgehead atoms. The van der Waals surface area contributed by atoms with Crippen molar-refractivity contribution in [3.63, 3.8) is 0 Å². The molecule has 0 saturated heterocycles. The highest BCUT2D eigenvalue weighted by Crippen LogP contribution is 2.32. The van der Waals surface area contributed by atoms with Gasteiger partial charge in [0.05, 0.1) is 11.3 Å². The normalized spacial score (nSPS) is 13.2. The first kappa shape index (κ1) is 20.8. The lowest BCUT2D eigenvalue weighted by molar-refractivity contribution is 0.476. The van der Waals surface area contributed by atoms with Crippen LogP contribution in [0.4, 0.5) is 5.82 Å². The highest BCUT2D eigenvalue weighted by Gasteiger charge is 2.21. The fourth-order valence-electron chi connectivity index (χ4n) is 3.95. The van der Waals surface area contributed by atoms with Gasteiger partial charge < -0.3 is 11.5 Å². The summed E-state index contributed by atoms with van der Waals surface area (Å²) in [7, 11) is 0. The highest BCUT2D eigenvalue weighted by molar-refractivity contribution is 5.84. The minimum Gasteiger partial charge on any atom is -0.383 e. The van der Waals surface area contributed by atoms with E-state index in [0.29, 0.717) is 11.6 Å². The Hall–Kier alpha value is -4.03. The monoisotopic (exact) mass is 434 g/mol. The van der Waals surface area contributed by atoms with E-state index in [9.17, 15) is 0 Å². The fourth-order valence-corrected chi connectivity index (χ4v) is 3.95. The third kappa shape index (κ3) is 3.75.